The molecule has 1 unspecified atom stereocenters. The second-order valence-electron chi connectivity index (χ2n) is 8.37. The van der Waals surface area contributed by atoms with Gasteiger partial charge in [0, 0.05) is 18.3 Å². The van der Waals surface area contributed by atoms with Crippen molar-refractivity contribution in [2.45, 2.75) is 70.5 Å². The monoisotopic (exact) mass is 427 g/mol. The van der Waals surface area contributed by atoms with E-state index < -0.39 is 10.5 Å². The maximum atomic E-state index is 12.6. The van der Waals surface area contributed by atoms with Crippen molar-refractivity contribution < 1.29 is 19.2 Å². The van der Waals surface area contributed by atoms with Crippen LogP contribution in [0, 0.1) is 10.1 Å². The summed E-state index contributed by atoms with van der Waals surface area (Å²) in [5.41, 5.74) is -0.561. The third-order valence-electron chi connectivity index (χ3n) is 4.37. The van der Waals surface area contributed by atoms with Crippen molar-refractivity contribution in [2.24, 2.45) is 0 Å². The van der Waals surface area contributed by atoms with Gasteiger partial charge in [-0.15, -0.1) is 11.8 Å². The Labute approximate surface area is 174 Å². The molecule has 2 rings (SSSR count). The molecule has 1 saturated heterocycles. The lowest BCUT2D eigenvalue weighted by Gasteiger charge is -2.36. The number of hydrogen-bond donors (Lipinski definition) is 1. The summed E-state index contributed by atoms with van der Waals surface area (Å²) in [7, 11) is 0. The minimum atomic E-state index is -0.627. The van der Waals surface area contributed by atoms with Gasteiger partial charge in [-0.1, -0.05) is 4.98 Å². The van der Waals surface area contributed by atoms with Crippen LogP contribution in [0.3, 0.4) is 0 Å². The van der Waals surface area contributed by atoms with Crippen LogP contribution in [0.4, 0.5) is 10.7 Å². The van der Waals surface area contributed by atoms with Gasteiger partial charge in [0.1, 0.15) is 18.0 Å². The number of carbonyl (C=O) groups excluding carboxylic acids is 2. The van der Waals surface area contributed by atoms with E-state index >= 15 is 0 Å². The summed E-state index contributed by atoms with van der Waals surface area (Å²) in [5.74, 6) is 0.121. The summed E-state index contributed by atoms with van der Waals surface area (Å²) in [6, 6.07) is 0.0245. The van der Waals surface area contributed by atoms with Crippen molar-refractivity contribution in [3.63, 3.8) is 0 Å². The summed E-state index contributed by atoms with van der Waals surface area (Å²) in [6.07, 6.45) is 3.76. The molecule has 0 spiro atoms. The van der Waals surface area contributed by atoms with E-state index in [1.807, 2.05) is 34.6 Å². The number of ether oxygens (including phenoxy) is 1. The number of thioether (sulfide) groups is 1. The van der Waals surface area contributed by atoms with E-state index in [0.29, 0.717) is 13.0 Å². The summed E-state index contributed by atoms with van der Waals surface area (Å²) in [6.45, 7) is 9.79. The van der Waals surface area contributed by atoms with Crippen LogP contribution >= 0.6 is 11.8 Å². The molecule has 10 nitrogen and oxygen atoms in total. The summed E-state index contributed by atoms with van der Waals surface area (Å²) < 4.78 is 6.75. The van der Waals surface area contributed by atoms with Gasteiger partial charge < -0.3 is 20.2 Å². The molecule has 1 aromatic heterocycles. The zero-order valence-corrected chi connectivity index (χ0v) is 18.3. The molecule has 2 amide bonds. The van der Waals surface area contributed by atoms with Crippen LogP contribution in [0.2, 0.25) is 0 Å². The molecule has 0 radical (unpaired) electrons. The van der Waals surface area contributed by atoms with E-state index in [0.717, 1.165) is 12.2 Å². The summed E-state index contributed by atoms with van der Waals surface area (Å²) in [5, 5.41) is 13.6. The number of carbonyl (C=O) groups is 2. The average molecular weight is 428 g/mol. The Morgan fingerprint density at radius 2 is 2.14 bits per heavy atom. The molecule has 162 valence electrons. The van der Waals surface area contributed by atoms with Crippen LogP contribution in [0.15, 0.2) is 12.4 Å². The highest BCUT2D eigenvalue weighted by Crippen LogP contribution is 2.41. The fourth-order valence-electron chi connectivity index (χ4n) is 3.15. The van der Waals surface area contributed by atoms with Gasteiger partial charge >= 0.3 is 12.0 Å². The predicted octanol–water partition coefficient (Wildman–Crippen LogP) is 2.78. The third-order valence-corrected chi connectivity index (χ3v) is 5.83. The van der Waals surface area contributed by atoms with E-state index in [-0.39, 0.29) is 35.4 Å². The largest absolute Gasteiger partial charge is 0.444 e. The van der Waals surface area contributed by atoms with Crippen molar-refractivity contribution in [1.29, 1.82) is 0 Å². The first-order valence-electron chi connectivity index (χ1n) is 9.49. The molecule has 0 aliphatic carbocycles. The van der Waals surface area contributed by atoms with Gasteiger partial charge in [-0.2, -0.15) is 0 Å². The standard InChI is InChI=1S/C18H29N5O5S/c1-17(2,3)28-16(25)22-13(12-29-18(22,4)5)7-6-8-19-14(24)11-21-10-9-20-15(21)23(26)27/h9-10,13H,6-8,11-12H2,1-5H3,(H,19,24). The van der Waals surface area contributed by atoms with E-state index in [4.69, 9.17) is 4.74 Å². The number of hydrogen-bond acceptors (Lipinski definition) is 7. The highest BCUT2D eigenvalue weighted by Gasteiger charge is 2.44. The molecule has 1 aliphatic rings. The van der Waals surface area contributed by atoms with Crippen LogP contribution in [-0.2, 0) is 16.1 Å². The first-order chi connectivity index (χ1) is 13.4. The lowest BCUT2D eigenvalue weighted by Crippen LogP contribution is -2.48. The Morgan fingerprint density at radius 3 is 2.76 bits per heavy atom. The van der Waals surface area contributed by atoms with Crippen LogP contribution in [0.1, 0.15) is 47.5 Å². The number of nitrogens with one attached hydrogen (secondary N) is 1. The Hall–Kier alpha value is -2.30. The Balaban J connectivity index is 1.82. The minimum absolute atomic E-state index is 0.0245. The maximum Gasteiger partial charge on any atom is 0.435 e. The highest BCUT2D eigenvalue weighted by atomic mass is 32.2. The van der Waals surface area contributed by atoms with Gasteiger partial charge in [-0.3, -0.25) is 9.69 Å². The number of rotatable bonds is 7. The number of amides is 2. The SMILES string of the molecule is CC(C)(C)OC(=O)N1C(CCCNC(=O)Cn2ccnc2[N+](=O)[O-])CSC1(C)C. The Kier molecular flexibility index (Phi) is 7.15. The highest BCUT2D eigenvalue weighted by molar-refractivity contribution is 8.00. The Bertz CT molecular complexity index is 758. The molecule has 0 bridgehead atoms. The van der Waals surface area contributed by atoms with Crippen LogP contribution < -0.4 is 5.32 Å². The first-order valence-corrected chi connectivity index (χ1v) is 10.5. The van der Waals surface area contributed by atoms with Gasteiger partial charge in [0.05, 0.1) is 4.87 Å². The van der Waals surface area contributed by atoms with Crippen molar-refractivity contribution in [1.82, 2.24) is 19.8 Å². The third kappa shape index (κ3) is 6.34. The number of aromatic nitrogens is 2. The lowest BCUT2D eigenvalue weighted by atomic mass is 10.1. The smallest absolute Gasteiger partial charge is 0.435 e. The topological polar surface area (TPSA) is 120 Å². The fraction of sp³-hybridized carbons (Fsp3) is 0.722. The second-order valence-corrected chi connectivity index (χ2v) is 9.99. The maximum absolute atomic E-state index is 12.6. The fourth-order valence-corrected chi connectivity index (χ4v) is 4.43. The predicted molar refractivity (Wildman–Crippen MR) is 110 cm³/mol. The minimum Gasteiger partial charge on any atom is -0.444 e. The molecule has 1 atom stereocenters. The molecule has 0 aromatic carbocycles. The van der Waals surface area contributed by atoms with Crippen LogP contribution in [0.5, 0.6) is 0 Å². The zero-order valence-electron chi connectivity index (χ0n) is 17.5. The molecular weight excluding hydrogens is 398 g/mol. The van der Waals surface area contributed by atoms with Gasteiger partial charge in [0.2, 0.25) is 0 Å². The number of nitro groups is 1. The molecule has 1 aliphatic heterocycles. The molecule has 29 heavy (non-hydrogen) atoms. The van der Waals surface area contributed by atoms with Gasteiger partial charge in [-0.05, 0) is 52.4 Å². The zero-order chi connectivity index (χ0) is 21.8. The number of nitrogens with zero attached hydrogens (tertiary/aromatic N) is 4. The van der Waals surface area contributed by atoms with E-state index in [1.165, 1.54) is 17.0 Å². The van der Waals surface area contributed by atoms with Crippen molar-refractivity contribution in [3.8, 4) is 0 Å². The van der Waals surface area contributed by atoms with Crippen LogP contribution in [0.25, 0.3) is 0 Å². The van der Waals surface area contributed by atoms with Crippen molar-refractivity contribution >= 4 is 29.7 Å². The van der Waals surface area contributed by atoms with Gasteiger partial charge in [-0.25, -0.2) is 9.36 Å². The summed E-state index contributed by atoms with van der Waals surface area (Å²) in [4.78, 5) is 40.0. The quantitative estimate of drug-likeness (QED) is 0.403. The van der Waals surface area contributed by atoms with E-state index in [9.17, 15) is 19.7 Å². The lowest BCUT2D eigenvalue weighted by molar-refractivity contribution is -0.396. The van der Waals surface area contributed by atoms with E-state index in [2.05, 4.69) is 10.3 Å². The molecule has 1 fully saturated rings. The van der Waals surface area contributed by atoms with Crippen molar-refractivity contribution in [3.05, 3.63) is 22.5 Å². The molecule has 2 heterocycles. The molecular formula is C18H29N5O5S. The number of imidazole rings is 1. The normalized spacial score (nSPS) is 18.5. The van der Waals surface area contributed by atoms with Gasteiger partial charge in [0.15, 0.2) is 6.54 Å². The van der Waals surface area contributed by atoms with Crippen LogP contribution in [-0.4, -0.2) is 60.2 Å². The Morgan fingerprint density at radius 1 is 1.45 bits per heavy atom. The molecule has 11 heteroatoms. The average Bonchev–Trinajstić information content (AvgIpc) is 3.13. The summed E-state index contributed by atoms with van der Waals surface area (Å²) >= 11 is 1.71. The first kappa shape index (κ1) is 23.0. The second kappa shape index (κ2) is 9.02. The van der Waals surface area contributed by atoms with E-state index in [1.54, 1.807) is 16.7 Å². The van der Waals surface area contributed by atoms with Gasteiger partial charge in [0.25, 0.3) is 5.91 Å². The molecule has 1 N–H and O–H groups in total. The molecule has 1 aromatic rings. The van der Waals surface area contributed by atoms with Crippen molar-refractivity contribution in [2.75, 3.05) is 12.3 Å². The molecule has 0 saturated carbocycles.